The van der Waals surface area contributed by atoms with Crippen LogP contribution in [0.2, 0.25) is 0 Å². The number of benzene rings is 1. The van der Waals surface area contributed by atoms with Gasteiger partial charge in [-0.2, -0.15) is 5.26 Å². The second-order valence-electron chi connectivity index (χ2n) is 6.25. The molecule has 1 aromatic carbocycles. The molecule has 0 radical (unpaired) electrons. The van der Waals surface area contributed by atoms with Gasteiger partial charge in [0.2, 0.25) is 0 Å². The van der Waals surface area contributed by atoms with Crippen LogP contribution in [-0.2, 0) is 0 Å². The molecule has 5 nitrogen and oxygen atoms in total. The molecule has 2 atom stereocenters. The van der Waals surface area contributed by atoms with Crippen molar-refractivity contribution in [2.45, 2.75) is 44.8 Å². The Morgan fingerprint density at radius 1 is 1.45 bits per heavy atom. The van der Waals surface area contributed by atoms with E-state index in [0.717, 1.165) is 18.4 Å². The van der Waals surface area contributed by atoms with Gasteiger partial charge in [0.25, 0.3) is 0 Å². The SMILES string of the molecule is C[C@@H](NC(=O)N1CCC[C@@](C)(O)CC1)c1cccc(C#N)c1. The van der Waals surface area contributed by atoms with Gasteiger partial charge in [-0.15, -0.1) is 0 Å². The highest BCUT2D eigenvalue weighted by Gasteiger charge is 2.27. The number of hydrogen-bond acceptors (Lipinski definition) is 3. The summed E-state index contributed by atoms with van der Waals surface area (Å²) in [5.41, 5.74) is 0.820. The van der Waals surface area contributed by atoms with Crippen molar-refractivity contribution in [3.05, 3.63) is 35.4 Å². The first-order valence-electron chi connectivity index (χ1n) is 7.69. The van der Waals surface area contributed by atoms with Crippen LogP contribution in [0, 0.1) is 11.3 Å². The molecule has 0 unspecified atom stereocenters. The summed E-state index contributed by atoms with van der Waals surface area (Å²) in [7, 11) is 0. The molecule has 2 amide bonds. The van der Waals surface area contributed by atoms with Crippen LogP contribution >= 0.6 is 0 Å². The molecule has 1 aliphatic heterocycles. The number of urea groups is 1. The summed E-state index contributed by atoms with van der Waals surface area (Å²) in [6.07, 6.45) is 2.12. The van der Waals surface area contributed by atoms with Crippen LogP contribution in [0.1, 0.15) is 50.3 Å². The van der Waals surface area contributed by atoms with E-state index in [0.29, 0.717) is 25.1 Å². The Hall–Kier alpha value is -2.06. The molecular formula is C17H23N3O2. The molecule has 2 N–H and O–H groups in total. The lowest BCUT2D eigenvalue weighted by molar-refractivity contribution is 0.0456. The van der Waals surface area contributed by atoms with Crippen molar-refractivity contribution >= 4 is 6.03 Å². The lowest BCUT2D eigenvalue weighted by Gasteiger charge is -2.25. The number of carbonyl (C=O) groups is 1. The third-order valence-corrected chi connectivity index (χ3v) is 4.21. The van der Waals surface area contributed by atoms with Crippen LogP contribution in [0.25, 0.3) is 0 Å². The Labute approximate surface area is 131 Å². The van der Waals surface area contributed by atoms with Crippen molar-refractivity contribution in [2.75, 3.05) is 13.1 Å². The number of hydrogen-bond donors (Lipinski definition) is 2. The fourth-order valence-corrected chi connectivity index (χ4v) is 2.70. The number of likely N-dealkylation sites (tertiary alicyclic amines) is 1. The molecule has 22 heavy (non-hydrogen) atoms. The summed E-state index contributed by atoms with van der Waals surface area (Å²) < 4.78 is 0. The number of rotatable bonds is 2. The van der Waals surface area contributed by atoms with Crippen molar-refractivity contribution in [2.24, 2.45) is 0 Å². The third kappa shape index (κ3) is 4.22. The topological polar surface area (TPSA) is 76.4 Å². The number of nitrogens with zero attached hydrogens (tertiary/aromatic N) is 2. The Kier molecular flexibility index (Phi) is 5.04. The highest BCUT2D eigenvalue weighted by atomic mass is 16.3. The predicted octanol–water partition coefficient (Wildman–Crippen LogP) is 2.57. The van der Waals surface area contributed by atoms with Gasteiger partial charge in [0, 0.05) is 13.1 Å². The van der Waals surface area contributed by atoms with Gasteiger partial charge in [-0.1, -0.05) is 12.1 Å². The summed E-state index contributed by atoms with van der Waals surface area (Å²) in [5.74, 6) is 0. The highest BCUT2D eigenvalue weighted by molar-refractivity contribution is 5.74. The highest BCUT2D eigenvalue weighted by Crippen LogP contribution is 2.22. The maximum absolute atomic E-state index is 12.4. The Bertz CT molecular complexity index is 578. The molecule has 0 aliphatic carbocycles. The monoisotopic (exact) mass is 301 g/mol. The van der Waals surface area contributed by atoms with Crippen molar-refractivity contribution in [1.29, 1.82) is 5.26 Å². The van der Waals surface area contributed by atoms with Crippen LogP contribution in [0.5, 0.6) is 0 Å². The van der Waals surface area contributed by atoms with E-state index in [1.54, 1.807) is 17.0 Å². The molecule has 2 rings (SSSR count). The van der Waals surface area contributed by atoms with Gasteiger partial charge in [0.05, 0.1) is 23.3 Å². The number of amides is 2. The molecule has 1 aromatic rings. The van der Waals surface area contributed by atoms with Gasteiger partial charge < -0.3 is 15.3 Å². The zero-order chi connectivity index (χ0) is 16.2. The molecular weight excluding hydrogens is 278 g/mol. The molecule has 0 saturated carbocycles. The zero-order valence-electron chi connectivity index (χ0n) is 13.2. The fraction of sp³-hybridized carbons (Fsp3) is 0.529. The molecule has 0 aromatic heterocycles. The molecule has 1 aliphatic rings. The molecule has 0 bridgehead atoms. The van der Waals surface area contributed by atoms with Gasteiger partial charge in [0.1, 0.15) is 0 Å². The van der Waals surface area contributed by atoms with Gasteiger partial charge >= 0.3 is 6.03 Å². The van der Waals surface area contributed by atoms with E-state index >= 15 is 0 Å². The average Bonchev–Trinajstić information content (AvgIpc) is 2.68. The maximum atomic E-state index is 12.4. The van der Waals surface area contributed by atoms with Crippen LogP contribution in [-0.4, -0.2) is 34.7 Å². The standard InChI is InChI=1S/C17H23N3O2/c1-13(15-6-3-5-14(11-15)12-18)19-16(21)20-9-4-7-17(2,22)8-10-20/h3,5-6,11,13,22H,4,7-10H2,1-2H3,(H,19,21)/t13-,17-/m1/s1. The van der Waals surface area contributed by atoms with E-state index in [4.69, 9.17) is 5.26 Å². The second-order valence-corrected chi connectivity index (χ2v) is 6.25. The fourth-order valence-electron chi connectivity index (χ4n) is 2.70. The van der Waals surface area contributed by atoms with Gasteiger partial charge in [-0.25, -0.2) is 4.79 Å². The number of nitriles is 1. The first-order chi connectivity index (χ1) is 10.4. The van der Waals surface area contributed by atoms with Gasteiger partial charge in [0.15, 0.2) is 0 Å². The summed E-state index contributed by atoms with van der Waals surface area (Å²) in [5, 5.41) is 22.0. The number of aliphatic hydroxyl groups is 1. The largest absolute Gasteiger partial charge is 0.390 e. The minimum absolute atomic E-state index is 0.118. The third-order valence-electron chi connectivity index (χ3n) is 4.21. The van der Waals surface area contributed by atoms with E-state index in [2.05, 4.69) is 11.4 Å². The van der Waals surface area contributed by atoms with E-state index in [1.807, 2.05) is 26.0 Å². The van der Waals surface area contributed by atoms with Gasteiger partial charge in [-0.05, 0) is 50.8 Å². The van der Waals surface area contributed by atoms with Crippen molar-refractivity contribution in [3.63, 3.8) is 0 Å². The average molecular weight is 301 g/mol. The normalized spacial score (nSPS) is 23.3. The summed E-state index contributed by atoms with van der Waals surface area (Å²) >= 11 is 0. The number of nitrogens with one attached hydrogen (secondary N) is 1. The second kappa shape index (κ2) is 6.80. The molecule has 5 heteroatoms. The quantitative estimate of drug-likeness (QED) is 0.881. The van der Waals surface area contributed by atoms with Crippen molar-refractivity contribution in [3.8, 4) is 6.07 Å². The first kappa shape index (κ1) is 16.3. The van der Waals surface area contributed by atoms with Crippen molar-refractivity contribution < 1.29 is 9.90 Å². The summed E-state index contributed by atoms with van der Waals surface area (Å²) in [4.78, 5) is 14.1. The molecule has 1 fully saturated rings. The minimum atomic E-state index is -0.679. The molecule has 118 valence electrons. The minimum Gasteiger partial charge on any atom is -0.390 e. The summed E-state index contributed by atoms with van der Waals surface area (Å²) in [6, 6.07) is 9.08. The zero-order valence-corrected chi connectivity index (χ0v) is 13.2. The Morgan fingerprint density at radius 3 is 2.95 bits per heavy atom. The van der Waals surface area contributed by atoms with E-state index in [-0.39, 0.29) is 12.1 Å². The maximum Gasteiger partial charge on any atom is 0.317 e. The Balaban J connectivity index is 1.97. The lowest BCUT2D eigenvalue weighted by Crippen LogP contribution is -2.42. The van der Waals surface area contributed by atoms with Crippen LogP contribution in [0.15, 0.2) is 24.3 Å². The first-order valence-corrected chi connectivity index (χ1v) is 7.69. The predicted molar refractivity (Wildman–Crippen MR) is 84.2 cm³/mol. The van der Waals surface area contributed by atoms with Crippen molar-refractivity contribution in [1.82, 2.24) is 10.2 Å². The lowest BCUT2D eigenvalue weighted by atomic mass is 9.98. The van der Waals surface area contributed by atoms with E-state index in [9.17, 15) is 9.90 Å². The Morgan fingerprint density at radius 2 is 2.23 bits per heavy atom. The van der Waals surface area contributed by atoms with Crippen LogP contribution in [0.3, 0.4) is 0 Å². The molecule has 0 spiro atoms. The summed E-state index contributed by atoms with van der Waals surface area (Å²) in [6.45, 7) is 4.95. The van der Waals surface area contributed by atoms with Gasteiger partial charge in [-0.3, -0.25) is 0 Å². The smallest absolute Gasteiger partial charge is 0.317 e. The van der Waals surface area contributed by atoms with Crippen LogP contribution < -0.4 is 5.32 Å². The molecule has 1 heterocycles. The van der Waals surface area contributed by atoms with E-state index < -0.39 is 5.60 Å². The van der Waals surface area contributed by atoms with Crippen LogP contribution in [0.4, 0.5) is 4.79 Å². The number of carbonyl (C=O) groups excluding carboxylic acids is 1. The van der Waals surface area contributed by atoms with E-state index in [1.165, 1.54) is 0 Å². The molecule has 1 saturated heterocycles.